The van der Waals surface area contributed by atoms with E-state index in [2.05, 4.69) is 22.0 Å². The monoisotopic (exact) mass is 571 g/mol. The van der Waals surface area contributed by atoms with Crippen molar-refractivity contribution in [2.75, 3.05) is 19.8 Å². The van der Waals surface area contributed by atoms with Gasteiger partial charge in [-0.25, -0.2) is 0 Å². The van der Waals surface area contributed by atoms with E-state index in [0.717, 1.165) is 73.8 Å². The Labute approximate surface area is 247 Å². The van der Waals surface area contributed by atoms with Crippen molar-refractivity contribution in [2.24, 2.45) is 0 Å². The van der Waals surface area contributed by atoms with Gasteiger partial charge in [0.25, 0.3) is 17.7 Å². The summed E-state index contributed by atoms with van der Waals surface area (Å²) in [7, 11) is 0. The van der Waals surface area contributed by atoms with Crippen LogP contribution in [-0.4, -0.2) is 52.1 Å². The summed E-state index contributed by atoms with van der Waals surface area (Å²) in [5.41, 5.74) is 9.16. The zero-order chi connectivity index (χ0) is 29.2. The van der Waals surface area contributed by atoms with Gasteiger partial charge in [0.15, 0.2) is 0 Å². The lowest BCUT2D eigenvalue weighted by atomic mass is 9.80. The number of ether oxygens (including phenoxy) is 1. The van der Waals surface area contributed by atoms with Gasteiger partial charge >= 0.3 is 0 Å². The lowest BCUT2D eigenvalue weighted by Gasteiger charge is -2.25. The number of nitrogens with zero attached hydrogens (tertiary/aromatic N) is 2. The van der Waals surface area contributed by atoms with E-state index in [-0.39, 0.29) is 24.3 Å². The third kappa shape index (κ3) is 3.76. The van der Waals surface area contributed by atoms with Crippen LogP contribution in [0.15, 0.2) is 66.7 Å². The zero-order valence-electron chi connectivity index (χ0n) is 23.5. The third-order valence-corrected chi connectivity index (χ3v) is 9.05. The molecule has 43 heavy (non-hydrogen) atoms. The number of carbonyl (C=O) groups excluding carboxylic acids is 3. The Bertz CT molecular complexity index is 1990. The Balaban J connectivity index is 1.10. The molecule has 5 aromatic rings. The van der Waals surface area contributed by atoms with Crippen LogP contribution in [0.4, 0.5) is 0 Å². The standard InChI is InChI=1S/C35H29N3O5/c39-16-15-37-28-9-4-3-8-25(28)30-27-19-36-33(40)31(27)29-22-13-11-21(18-20(22)10-12-26(29)32(30)37)43-17-5-14-38-34(41)23-6-1-2-7-24(23)35(38)42/h1-4,6-9,11,13,18,39H,5,10,12,14-17,19H2,(H,36,40). The predicted octanol–water partition coefficient (Wildman–Crippen LogP) is 4.86. The first-order valence-corrected chi connectivity index (χ1v) is 14.8. The van der Waals surface area contributed by atoms with E-state index >= 15 is 0 Å². The summed E-state index contributed by atoms with van der Waals surface area (Å²) in [6.45, 7) is 1.65. The number of aliphatic hydroxyl groups is 1. The van der Waals surface area contributed by atoms with E-state index < -0.39 is 0 Å². The lowest BCUT2D eigenvalue weighted by molar-refractivity contribution is 0.0646. The summed E-state index contributed by atoms with van der Waals surface area (Å²) in [5, 5.41) is 15.3. The minimum atomic E-state index is -0.253. The molecule has 214 valence electrons. The molecule has 2 N–H and O–H groups in total. The SMILES string of the molecule is O=C1NCc2c1c1c(c3c2c2ccccc2n3CCO)CCc2cc(OCCCN3C(=O)c4ccccc4C3=O)ccc2-1. The Hall–Kier alpha value is -4.95. The second-order valence-corrected chi connectivity index (χ2v) is 11.3. The van der Waals surface area contributed by atoms with Crippen molar-refractivity contribution in [1.29, 1.82) is 0 Å². The molecule has 0 atom stereocenters. The number of hydrogen-bond donors (Lipinski definition) is 2. The molecular weight excluding hydrogens is 542 g/mol. The highest BCUT2D eigenvalue weighted by Crippen LogP contribution is 2.47. The van der Waals surface area contributed by atoms with Gasteiger partial charge in [-0.05, 0) is 71.8 Å². The summed E-state index contributed by atoms with van der Waals surface area (Å²) >= 11 is 0. The summed E-state index contributed by atoms with van der Waals surface area (Å²) in [5.74, 6) is 0.170. The molecule has 8 heteroatoms. The molecule has 8 nitrogen and oxygen atoms in total. The average molecular weight is 572 g/mol. The first-order chi connectivity index (χ1) is 21.1. The number of imide groups is 1. The van der Waals surface area contributed by atoms with Crippen LogP contribution in [0.2, 0.25) is 0 Å². The number of para-hydroxylation sites is 1. The maximum atomic E-state index is 13.3. The van der Waals surface area contributed by atoms with Gasteiger partial charge in [-0.3, -0.25) is 19.3 Å². The van der Waals surface area contributed by atoms with Crippen molar-refractivity contribution >= 4 is 39.5 Å². The minimum Gasteiger partial charge on any atom is -0.494 e. The normalized spacial score (nSPS) is 15.1. The molecule has 0 radical (unpaired) electrons. The van der Waals surface area contributed by atoms with Crippen molar-refractivity contribution in [3.8, 4) is 16.9 Å². The molecule has 0 unspecified atom stereocenters. The van der Waals surface area contributed by atoms with Crippen molar-refractivity contribution in [3.05, 3.63) is 100 Å². The van der Waals surface area contributed by atoms with E-state index in [4.69, 9.17) is 4.74 Å². The van der Waals surface area contributed by atoms with Crippen molar-refractivity contribution in [1.82, 2.24) is 14.8 Å². The molecular formula is C35H29N3O5. The van der Waals surface area contributed by atoms with Crippen molar-refractivity contribution in [3.63, 3.8) is 0 Å². The second kappa shape index (κ2) is 9.81. The summed E-state index contributed by atoms with van der Waals surface area (Å²) < 4.78 is 8.29. The smallest absolute Gasteiger partial charge is 0.261 e. The van der Waals surface area contributed by atoms with E-state index in [1.54, 1.807) is 24.3 Å². The topological polar surface area (TPSA) is 101 Å². The minimum absolute atomic E-state index is 0.0289. The number of amides is 3. The Kier molecular flexibility index (Phi) is 5.87. The molecule has 1 aromatic heterocycles. The largest absolute Gasteiger partial charge is 0.494 e. The maximum absolute atomic E-state index is 13.3. The Morgan fingerprint density at radius 2 is 1.58 bits per heavy atom. The first-order valence-electron chi connectivity index (χ1n) is 14.8. The first kappa shape index (κ1) is 25.7. The van der Waals surface area contributed by atoms with Gasteiger partial charge in [-0.15, -0.1) is 0 Å². The quantitative estimate of drug-likeness (QED) is 0.215. The van der Waals surface area contributed by atoms with Crippen LogP contribution in [0.3, 0.4) is 0 Å². The maximum Gasteiger partial charge on any atom is 0.261 e. The molecule has 0 saturated heterocycles. The molecule has 3 amide bonds. The fourth-order valence-electron chi connectivity index (χ4n) is 7.25. The number of aryl methyl sites for hydroxylation is 2. The number of nitrogens with one attached hydrogen (secondary N) is 1. The summed E-state index contributed by atoms with van der Waals surface area (Å²) in [6.07, 6.45) is 2.08. The molecule has 0 spiro atoms. The van der Waals surface area contributed by atoms with Crippen LogP contribution in [0, 0.1) is 0 Å². The fraction of sp³-hybridized carbons (Fsp3) is 0.229. The average Bonchev–Trinajstić information content (AvgIpc) is 3.65. The number of carbonyl (C=O) groups is 3. The van der Waals surface area contributed by atoms with Crippen LogP contribution >= 0.6 is 0 Å². The summed E-state index contributed by atoms with van der Waals surface area (Å²) in [6, 6.07) is 21.2. The fourth-order valence-corrected chi connectivity index (χ4v) is 7.25. The Morgan fingerprint density at radius 3 is 2.37 bits per heavy atom. The number of hydrogen-bond acceptors (Lipinski definition) is 5. The molecule has 4 aromatic carbocycles. The van der Waals surface area contributed by atoms with Crippen LogP contribution in [-0.2, 0) is 25.9 Å². The molecule has 0 saturated carbocycles. The van der Waals surface area contributed by atoms with Gasteiger partial charge in [0.05, 0.1) is 35.4 Å². The van der Waals surface area contributed by atoms with Crippen LogP contribution in [0.1, 0.15) is 54.2 Å². The van der Waals surface area contributed by atoms with E-state index in [1.807, 2.05) is 30.3 Å². The Morgan fingerprint density at radius 1 is 0.814 bits per heavy atom. The molecule has 0 fully saturated rings. The van der Waals surface area contributed by atoms with E-state index in [1.165, 1.54) is 4.90 Å². The van der Waals surface area contributed by atoms with E-state index in [0.29, 0.717) is 43.8 Å². The highest BCUT2D eigenvalue weighted by Gasteiger charge is 2.35. The number of benzene rings is 4. The van der Waals surface area contributed by atoms with Gasteiger partial charge in [0.2, 0.25) is 0 Å². The highest BCUT2D eigenvalue weighted by atomic mass is 16.5. The second-order valence-electron chi connectivity index (χ2n) is 11.3. The molecule has 8 rings (SSSR count). The molecule has 2 aliphatic heterocycles. The van der Waals surface area contributed by atoms with Gasteiger partial charge in [0.1, 0.15) is 5.75 Å². The summed E-state index contributed by atoms with van der Waals surface area (Å²) in [4.78, 5) is 39.9. The van der Waals surface area contributed by atoms with Gasteiger partial charge in [-0.2, -0.15) is 0 Å². The van der Waals surface area contributed by atoms with Crippen LogP contribution in [0.5, 0.6) is 5.75 Å². The number of fused-ring (bicyclic) bond motifs is 11. The molecule has 1 aliphatic carbocycles. The van der Waals surface area contributed by atoms with Crippen LogP contribution in [0.25, 0.3) is 32.9 Å². The zero-order valence-corrected chi connectivity index (χ0v) is 23.5. The number of aliphatic hydroxyl groups excluding tert-OH is 1. The molecule has 3 heterocycles. The third-order valence-electron chi connectivity index (χ3n) is 9.05. The van der Waals surface area contributed by atoms with Crippen molar-refractivity contribution in [2.45, 2.75) is 32.4 Å². The predicted molar refractivity (Wildman–Crippen MR) is 162 cm³/mol. The lowest BCUT2D eigenvalue weighted by Crippen LogP contribution is -2.31. The van der Waals surface area contributed by atoms with E-state index in [9.17, 15) is 19.5 Å². The number of rotatable bonds is 7. The highest BCUT2D eigenvalue weighted by molar-refractivity contribution is 6.21. The van der Waals surface area contributed by atoms with Gasteiger partial charge < -0.3 is 19.7 Å². The van der Waals surface area contributed by atoms with Gasteiger partial charge in [-0.1, -0.05) is 36.4 Å². The van der Waals surface area contributed by atoms with Gasteiger partial charge in [0, 0.05) is 41.5 Å². The number of aromatic nitrogens is 1. The van der Waals surface area contributed by atoms with Crippen LogP contribution < -0.4 is 10.1 Å². The molecule has 0 bridgehead atoms. The van der Waals surface area contributed by atoms with Crippen molar-refractivity contribution < 1.29 is 24.2 Å². The molecule has 3 aliphatic rings.